The Morgan fingerprint density at radius 2 is 2.21 bits per heavy atom. The second kappa shape index (κ2) is 4.72. The molecule has 1 heterocycles. The van der Waals surface area contributed by atoms with Gasteiger partial charge >= 0.3 is 5.97 Å². The van der Waals surface area contributed by atoms with Crippen LogP contribution in [0.5, 0.6) is 0 Å². The summed E-state index contributed by atoms with van der Waals surface area (Å²) in [6.45, 7) is 0.512. The number of carboxylic acids is 1. The number of aliphatic hydroxyl groups excluding tert-OH is 1. The van der Waals surface area contributed by atoms with Crippen molar-refractivity contribution in [2.75, 3.05) is 20.7 Å². The van der Waals surface area contributed by atoms with E-state index < -0.39 is 12.1 Å². The number of ether oxygens (including phenoxy) is 1. The maximum atomic E-state index is 10.5. The Balaban J connectivity index is 2.56. The Morgan fingerprint density at radius 3 is 2.71 bits per heavy atom. The molecule has 1 unspecified atom stereocenters. The zero-order valence-electron chi connectivity index (χ0n) is 8.51. The summed E-state index contributed by atoms with van der Waals surface area (Å²) in [6, 6.07) is 0. The second-order valence-electron chi connectivity index (χ2n) is 3.86. The van der Waals surface area contributed by atoms with E-state index in [1.807, 2.05) is 0 Å². The molecule has 0 radical (unpaired) electrons. The highest BCUT2D eigenvalue weighted by molar-refractivity contribution is 5.67. The minimum atomic E-state index is -0.867. The summed E-state index contributed by atoms with van der Waals surface area (Å²) in [5, 5.41) is 18.5. The number of carboxylic acid groups (broad SMARTS) is 1. The summed E-state index contributed by atoms with van der Waals surface area (Å²) >= 11 is 0. The van der Waals surface area contributed by atoms with Crippen LogP contribution in [0.2, 0.25) is 0 Å². The fraction of sp³-hybridized carbons (Fsp3) is 0.889. The van der Waals surface area contributed by atoms with E-state index in [0.717, 1.165) is 0 Å². The van der Waals surface area contributed by atoms with E-state index in [1.165, 1.54) is 0 Å². The van der Waals surface area contributed by atoms with Gasteiger partial charge in [-0.15, -0.1) is 0 Å². The van der Waals surface area contributed by atoms with Gasteiger partial charge in [0.1, 0.15) is 6.23 Å². The molecule has 14 heavy (non-hydrogen) atoms. The Kier molecular flexibility index (Phi) is 3.86. The Labute approximate surface area is 83.3 Å². The first kappa shape index (κ1) is 11.4. The van der Waals surface area contributed by atoms with Gasteiger partial charge < -0.3 is 14.9 Å². The molecule has 82 valence electrons. The molecule has 1 fully saturated rings. The van der Waals surface area contributed by atoms with Crippen molar-refractivity contribution >= 4 is 5.97 Å². The molecule has 0 aliphatic carbocycles. The van der Waals surface area contributed by atoms with E-state index in [4.69, 9.17) is 9.84 Å². The van der Waals surface area contributed by atoms with Crippen LogP contribution in [-0.4, -0.2) is 54.1 Å². The fourth-order valence-corrected chi connectivity index (χ4v) is 1.74. The number of hydrogen-bond acceptors (Lipinski definition) is 4. The average Bonchev–Trinajstić information content (AvgIpc) is 2.07. The van der Waals surface area contributed by atoms with E-state index in [0.29, 0.717) is 13.0 Å². The van der Waals surface area contributed by atoms with Crippen LogP contribution in [0, 0.1) is 5.92 Å². The average molecular weight is 203 g/mol. The molecule has 1 rings (SSSR count). The van der Waals surface area contributed by atoms with Gasteiger partial charge in [0.15, 0.2) is 0 Å². The van der Waals surface area contributed by atoms with Crippen LogP contribution in [-0.2, 0) is 9.53 Å². The first-order chi connectivity index (χ1) is 6.52. The maximum absolute atomic E-state index is 10.5. The van der Waals surface area contributed by atoms with Gasteiger partial charge in [-0.3, -0.25) is 9.69 Å². The molecule has 0 aromatic heterocycles. The summed E-state index contributed by atoms with van der Waals surface area (Å²) in [5.74, 6) is -1.07. The quantitative estimate of drug-likeness (QED) is 0.661. The lowest BCUT2D eigenvalue weighted by Gasteiger charge is -2.37. The zero-order valence-corrected chi connectivity index (χ0v) is 8.51. The van der Waals surface area contributed by atoms with E-state index in [2.05, 4.69) is 0 Å². The van der Waals surface area contributed by atoms with Crippen LogP contribution >= 0.6 is 0 Å². The van der Waals surface area contributed by atoms with Crippen molar-refractivity contribution in [2.45, 2.75) is 25.2 Å². The Hall–Kier alpha value is -0.650. The molecule has 0 spiro atoms. The Morgan fingerprint density at radius 1 is 1.57 bits per heavy atom. The van der Waals surface area contributed by atoms with Crippen molar-refractivity contribution in [3.63, 3.8) is 0 Å². The molecule has 1 saturated heterocycles. The SMILES string of the molecule is CN(C)[C@@H]1OCC[C@H](CC(=O)O)C1O. The van der Waals surface area contributed by atoms with Gasteiger partial charge in [-0.1, -0.05) is 0 Å². The summed E-state index contributed by atoms with van der Waals surface area (Å²) in [5.41, 5.74) is 0. The normalized spacial score (nSPS) is 33.3. The first-order valence-electron chi connectivity index (χ1n) is 4.70. The molecule has 5 nitrogen and oxygen atoms in total. The first-order valence-corrected chi connectivity index (χ1v) is 4.70. The zero-order chi connectivity index (χ0) is 10.7. The predicted octanol–water partition coefficient (Wildman–Crippen LogP) is -0.254. The number of nitrogens with zero attached hydrogens (tertiary/aromatic N) is 1. The van der Waals surface area contributed by atoms with Crippen LogP contribution < -0.4 is 0 Å². The highest BCUT2D eigenvalue weighted by atomic mass is 16.5. The lowest BCUT2D eigenvalue weighted by molar-refractivity contribution is -0.168. The largest absolute Gasteiger partial charge is 0.481 e. The van der Waals surface area contributed by atoms with Crippen LogP contribution in [0.15, 0.2) is 0 Å². The van der Waals surface area contributed by atoms with Crippen molar-refractivity contribution < 1.29 is 19.7 Å². The number of likely N-dealkylation sites (N-methyl/N-ethyl adjacent to an activating group) is 1. The summed E-state index contributed by atoms with van der Waals surface area (Å²) in [7, 11) is 3.61. The molecule has 0 bridgehead atoms. The molecule has 0 saturated carbocycles. The number of aliphatic hydroxyl groups is 1. The number of rotatable bonds is 3. The summed E-state index contributed by atoms with van der Waals surface area (Å²) in [6.07, 6.45) is -0.477. The van der Waals surface area contributed by atoms with Crippen LogP contribution in [0.25, 0.3) is 0 Å². The van der Waals surface area contributed by atoms with Crippen molar-refractivity contribution in [1.29, 1.82) is 0 Å². The van der Waals surface area contributed by atoms with Crippen molar-refractivity contribution in [3.8, 4) is 0 Å². The van der Waals surface area contributed by atoms with E-state index in [9.17, 15) is 9.90 Å². The standard InChI is InChI=1S/C9H17NO4/c1-10(2)9-8(13)6(3-4-14-9)5-7(11)12/h6,8-9,13H,3-5H2,1-2H3,(H,11,12)/t6-,8?,9-/m1/s1. The predicted molar refractivity (Wildman–Crippen MR) is 49.8 cm³/mol. The molecule has 0 amide bonds. The number of aliphatic carboxylic acids is 1. The van der Waals surface area contributed by atoms with Crippen molar-refractivity contribution in [1.82, 2.24) is 4.90 Å². The summed E-state index contributed by atoms with van der Waals surface area (Å²) in [4.78, 5) is 12.3. The van der Waals surface area contributed by atoms with Crippen LogP contribution in [0.1, 0.15) is 12.8 Å². The van der Waals surface area contributed by atoms with Gasteiger partial charge in [0, 0.05) is 12.5 Å². The van der Waals surface area contributed by atoms with Crippen LogP contribution in [0.4, 0.5) is 0 Å². The second-order valence-corrected chi connectivity index (χ2v) is 3.86. The minimum absolute atomic E-state index is 0.00880. The summed E-state index contributed by atoms with van der Waals surface area (Å²) < 4.78 is 5.35. The van der Waals surface area contributed by atoms with E-state index >= 15 is 0 Å². The molecule has 2 N–H and O–H groups in total. The number of carbonyl (C=O) groups is 1. The lowest BCUT2D eigenvalue weighted by Crippen LogP contribution is -2.49. The van der Waals surface area contributed by atoms with Gasteiger partial charge in [0.2, 0.25) is 0 Å². The molecule has 0 aromatic carbocycles. The van der Waals surface area contributed by atoms with E-state index in [1.54, 1.807) is 19.0 Å². The lowest BCUT2D eigenvalue weighted by atomic mass is 9.92. The molecule has 3 atom stereocenters. The minimum Gasteiger partial charge on any atom is -0.481 e. The van der Waals surface area contributed by atoms with E-state index in [-0.39, 0.29) is 18.6 Å². The maximum Gasteiger partial charge on any atom is 0.303 e. The number of hydrogen-bond donors (Lipinski definition) is 2. The molecule has 0 aromatic rings. The smallest absolute Gasteiger partial charge is 0.303 e. The molecule has 1 aliphatic heterocycles. The molecule has 5 heteroatoms. The third-order valence-electron chi connectivity index (χ3n) is 2.50. The highest BCUT2D eigenvalue weighted by Gasteiger charge is 2.34. The third kappa shape index (κ3) is 2.67. The van der Waals surface area contributed by atoms with Crippen molar-refractivity contribution in [2.24, 2.45) is 5.92 Å². The topological polar surface area (TPSA) is 70.0 Å². The van der Waals surface area contributed by atoms with Gasteiger partial charge in [-0.2, -0.15) is 0 Å². The fourth-order valence-electron chi connectivity index (χ4n) is 1.74. The monoisotopic (exact) mass is 203 g/mol. The van der Waals surface area contributed by atoms with Crippen LogP contribution in [0.3, 0.4) is 0 Å². The third-order valence-corrected chi connectivity index (χ3v) is 2.50. The highest BCUT2D eigenvalue weighted by Crippen LogP contribution is 2.24. The molecule has 1 aliphatic rings. The molecular weight excluding hydrogens is 186 g/mol. The Bertz CT molecular complexity index is 207. The van der Waals surface area contributed by atoms with Gasteiger partial charge in [-0.25, -0.2) is 0 Å². The van der Waals surface area contributed by atoms with Gasteiger partial charge in [-0.05, 0) is 20.5 Å². The van der Waals surface area contributed by atoms with Crippen molar-refractivity contribution in [3.05, 3.63) is 0 Å². The van der Waals surface area contributed by atoms with Gasteiger partial charge in [0.05, 0.1) is 12.5 Å². The van der Waals surface area contributed by atoms with Gasteiger partial charge in [0.25, 0.3) is 0 Å². The molecular formula is C9H17NO4.